The van der Waals surface area contributed by atoms with Gasteiger partial charge >= 0.3 is 6.61 Å². The summed E-state index contributed by atoms with van der Waals surface area (Å²) in [5.41, 5.74) is 0.314. The van der Waals surface area contributed by atoms with Gasteiger partial charge in [0.2, 0.25) is 0 Å². The summed E-state index contributed by atoms with van der Waals surface area (Å²) in [6, 6.07) is 5.83. The van der Waals surface area contributed by atoms with Gasteiger partial charge in [0.05, 0.1) is 0 Å². The summed E-state index contributed by atoms with van der Waals surface area (Å²) < 4.78 is 29.3. The molecule has 1 N–H and O–H groups in total. The second-order valence-corrected chi connectivity index (χ2v) is 5.27. The number of hydrogen-bond acceptors (Lipinski definition) is 2. The van der Waals surface area contributed by atoms with Crippen LogP contribution in [0.5, 0.6) is 5.75 Å². The number of carbonyl (C=O) groups excluding carboxylic acids is 1. The Morgan fingerprint density at radius 2 is 2.11 bits per heavy atom. The molecule has 1 rings (SSSR count). The Kier molecular flexibility index (Phi) is 6.47. The molecule has 0 heterocycles. The molecule has 1 atom stereocenters. The van der Waals surface area contributed by atoms with Crippen molar-refractivity contribution in [2.75, 3.05) is 4.43 Å². The van der Waals surface area contributed by atoms with Crippen LogP contribution in [-0.2, 0) is 0 Å². The van der Waals surface area contributed by atoms with Gasteiger partial charge < -0.3 is 10.1 Å². The summed E-state index contributed by atoms with van der Waals surface area (Å²) in [4.78, 5) is 12.0. The van der Waals surface area contributed by atoms with Crippen molar-refractivity contribution in [1.82, 2.24) is 5.32 Å². The minimum absolute atomic E-state index is 0.0155. The van der Waals surface area contributed by atoms with Crippen molar-refractivity contribution in [3.63, 3.8) is 0 Å². The van der Waals surface area contributed by atoms with Gasteiger partial charge in [0.15, 0.2) is 0 Å². The number of halogens is 3. The average Bonchev–Trinajstić information content (AvgIpc) is 2.34. The van der Waals surface area contributed by atoms with Gasteiger partial charge in [-0.1, -0.05) is 42.5 Å². The number of ether oxygens (including phenoxy) is 1. The van der Waals surface area contributed by atoms with E-state index in [0.717, 1.165) is 4.43 Å². The van der Waals surface area contributed by atoms with E-state index >= 15 is 0 Å². The van der Waals surface area contributed by atoms with Crippen molar-refractivity contribution in [2.45, 2.75) is 26.5 Å². The van der Waals surface area contributed by atoms with Crippen LogP contribution in [0.25, 0.3) is 0 Å². The highest BCUT2D eigenvalue weighted by Gasteiger charge is 2.16. The molecule has 0 aliphatic rings. The molecule has 6 heteroatoms. The molecule has 0 saturated carbocycles. The Balaban J connectivity index is 2.76. The molecular weight excluding hydrogens is 367 g/mol. The Morgan fingerprint density at radius 1 is 1.42 bits per heavy atom. The predicted molar refractivity (Wildman–Crippen MR) is 78.1 cm³/mol. The van der Waals surface area contributed by atoms with Gasteiger partial charge in [-0.25, -0.2) is 0 Å². The van der Waals surface area contributed by atoms with Crippen molar-refractivity contribution in [2.24, 2.45) is 5.92 Å². The topological polar surface area (TPSA) is 38.3 Å². The van der Waals surface area contributed by atoms with E-state index in [1.807, 2.05) is 13.8 Å². The summed E-state index contributed by atoms with van der Waals surface area (Å²) in [6.45, 7) is 1.14. The highest BCUT2D eigenvalue weighted by molar-refractivity contribution is 14.1. The number of amides is 1. The first kappa shape index (κ1) is 16.1. The zero-order chi connectivity index (χ0) is 14.4. The standard InChI is InChI=1S/C13H16F2INO2/c1-8(2)11(7-16)17-12(18)9-4-3-5-10(6-9)19-13(14)15/h3-6,8,11,13H,7H2,1-2H3,(H,17,18). The van der Waals surface area contributed by atoms with Crippen molar-refractivity contribution in [3.05, 3.63) is 29.8 Å². The highest BCUT2D eigenvalue weighted by Crippen LogP contribution is 2.16. The lowest BCUT2D eigenvalue weighted by molar-refractivity contribution is -0.0498. The molecule has 1 aromatic rings. The smallest absolute Gasteiger partial charge is 0.387 e. The molecule has 0 aromatic heterocycles. The fraction of sp³-hybridized carbons (Fsp3) is 0.462. The van der Waals surface area contributed by atoms with Gasteiger partial charge in [-0.05, 0) is 24.1 Å². The van der Waals surface area contributed by atoms with E-state index in [0.29, 0.717) is 11.5 Å². The van der Waals surface area contributed by atoms with Crippen LogP contribution in [0.2, 0.25) is 0 Å². The lowest BCUT2D eigenvalue weighted by Crippen LogP contribution is -2.39. The van der Waals surface area contributed by atoms with E-state index in [1.54, 1.807) is 6.07 Å². The molecule has 1 unspecified atom stereocenters. The van der Waals surface area contributed by atoms with E-state index in [9.17, 15) is 13.6 Å². The first-order valence-electron chi connectivity index (χ1n) is 5.85. The molecule has 19 heavy (non-hydrogen) atoms. The minimum Gasteiger partial charge on any atom is -0.435 e. The zero-order valence-corrected chi connectivity index (χ0v) is 12.9. The number of hydrogen-bond donors (Lipinski definition) is 1. The van der Waals surface area contributed by atoms with E-state index in [-0.39, 0.29) is 17.7 Å². The largest absolute Gasteiger partial charge is 0.435 e. The third-order valence-electron chi connectivity index (χ3n) is 2.61. The van der Waals surface area contributed by atoms with Gasteiger partial charge in [-0.15, -0.1) is 0 Å². The predicted octanol–water partition coefficient (Wildman–Crippen LogP) is 3.48. The summed E-state index contributed by atoms with van der Waals surface area (Å²) in [6.07, 6.45) is 0. The molecule has 3 nitrogen and oxygen atoms in total. The number of alkyl halides is 3. The van der Waals surface area contributed by atoms with E-state index < -0.39 is 6.61 Å². The zero-order valence-electron chi connectivity index (χ0n) is 10.7. The monoisotopic (exact) mass is 383 g/mol. The number of nitrogens with one attached hydrogen (secondary N) is 1. The summed E-state index contributed by atoms with van der Waals surface area (Å²) >= 11 is 2.20. The molecule has 106 valence electrons. The Labute approximate surface area is 124 Å². The molecule has 1 amide bonds. The first-order chi connectivity index (χ1) is 8.93. The maximum Gasteiger partial charge on any atom is 0.387 e. The lowest BCUT2D eigenvalue weighted by atomic mass is 10.1. The van der Waals surface area contributed by atoms with Gasteiger partial charge in [-0.2, -0.15) is 8.78 Å². The Hall–Kier alpha value is -0.920. The van der Waals surface area contributed by atoms with Gasteiger partial charge in [0.1, 0.15) is 5.75 Å². The van der Waals surface area contributed by atoms with Crippen molar-refractivity contribution in [3.8, 4) is 5.75 Å². The summed E-state index contributed by atoms with van der Waals surface area (Å²) in [5.74, 6) is 0.00893. The van der Waals surface area contributed by atoms with E-state index in [4.69, 9.17) is 0 Å². The molecule has 0 aliphatic carbocycles. The van der Waals surface area contributed by atoms with Crippen molar-refractivity contribution >= 4 is 28.5 Å². The van der Waals surface area contributed by atoms with Crippen LogP contribution in [0.4, 0.5) is 8.78 Å². The molecule has 0 spiro atoms. The molecule has 0 aliphatic heterocycles. The third kappa shape index (κ3) is 5.30. The molecular formula is C13H16F2INO2. The van der Waals surface area contributed by atoms with Crippen molar-refractivity contribution in [1.29, 1.82) is 0 Å². The van der Waals surface area contributed by atoms with Crippen LogP contribution < -0.4 is 10.1 Å². The number of benzene rings is 1. The van der Waals surface area contributed by atoms with Gasteiger partial charge in [0, 0.05) is 16.0 Å². The van der Waals surface area contributed by atoms with Gasteiger partial charge in [0.25, 0.3) is 5.91 Å². The Bertz CT molecular complexity index is 427. The van der Waals surface area contributed by atoms with E-state index in [1.165, 1.54) is 18.2 Å². The maximum atomic E-state index is 12.1. The Morgan fingerprint density at radius 3 is 2.63 bits per heavy atom. The maximum absolute atomic E-state index is 12.1. The number of carbonyl (C=O) groups is 1. The third-order valence-corrected chi connectivity index (χ3v) is 3.56. The minimum atomic E-state index is -2.89. The van der Waals surface area contributed by atoms with Crippen LogP contribution in [0.15, 0.2) is 24.3 Å². The fourth-order valence-corrected chi connectivity index (χ4v) is 2.69. The van der Waals surface area contributed by atoms with Crippen LogP contribution >= 0.6 is 22.6 Å². The molecule has 0 radical (unpaired) electrons. The first-order valence-corrected chi connectivity index (χ1v) is 7.38. The lowest BCUT2D eigenvalue weighted by Gasteiger charge is -2.20. The second kappa shape index (κ2) is 7.62. The summed E-state index contributed by atoms with van der Waals surface area (Å²) in [5, 5.41) is 2.87. The SMILES string of the molecule is CC(C)C(CI)NC(=O)c1cccc(OC(F)F)c1. The van der Waals surface area contributed by atoms with Crippen LogP contribution in [0.1, 0.15) is 24.2 Å². The quantitative estimate of drug-likeness (QED) is 0.604. The van der Waals surface area contributed by atoms with Crippen LogP contribution in [-0.4, -0.2) is 23.0 Å². The van der Waals surface area contributed by atoms with Crippen LogP contribution in [0.3, 0.4) is 0 Å². The normalized spacial score (nSPS) is 12.6. The summed E-state index contributed by atoms with van der Waals surface area (Å²) in [7, 11) is 0. The average molecular weight is 383 g/mol. The van der Waals surface area contributed by atoms with E-state index in [2.05, 4.69) is 32.6 Å². The fourth-order valence-electron chi connectivity index (χ4n) is 1.45. The van der Waals surface area contributed by atoms with Crippen LogP contribution in [0, 0.1) is 5.92 Å². The van der Waals surface area contributed by atoms with Gasteiger partial charge in [-0.3, -0.25) is 4.79 Å². The highest BCUT2D eigenvalue weighted by atomic mass is 127. The second-order valence-electron chi connectivity index (χ2n) is 4.38. The molecule has 1 aromatic carbocycles. The molecule has 0 bridgehead atoms. The molecule has 0 fully saturated rings. The van der Waals surface area contributed by atoms with Crippen molar-refractivity contribution < 1.29 is 18.3 Å². The molecule has 0 saturated heterocycles. The number of rotatable bonds is 6.